The predicted molar refractivity (Wildman–Crippen MR) is 117 cm³/mol. The molecule has 0 radical (unpaired) electrons. The molecule has 5 rings (SSSR count). The van der Waals surface area contributed by atoms with Crippen molar-refractivity contribution in [3.05, 3.63) is 72.6 Å². The monoisotopic (exact) mass is 399 g/mol. The smallest absolute Gasteiger partial charge is 0.160 e. The lowest BCUT2D eigenvalue weighted by molar-refractivity contribution is 0.122. The van der Waals surface area contributed by atoms with Crippen molar-refractivity contribution < 1.29 is 4.74 Å². The van der Waals surface area contributed by atoms with E-state index in [2.05, 4.69) is 20.4 Å². The molecule has 0 saturated carbocycles. The zero-order valence-electron chi connectivity index (χ0n) is 16.3. The highest BCUT2D eigenvalue weighted by Gasteiger charge is 2.18. The van der Waals surface area contributed by atoms with Crippen molar-refractivity contribution in [2.45, 2.75) is 0 Å². The van der Waals surface area contributed by atoms with E-state index in [1.165, 1.54) is 0 Å². The van der Waals surface area contributed by atoms with Crippen LogP contribution in [0, 0.1) is 0 Å². The molecule has 8 heteroatoms. The third-order valence-corrected chi connectivity index (χ3v) is 4.89. The van der Waals surface area contributed by atoms with Crippen LogP contribution in [0.3, 0.4) is 0 Å². The molecule has 150 valence electrons. The van der Waals surface area contributed by atoms with Gasteiger partial charge in [0.1, 0.15) is 5.82 Å². The van der Waals surface area contributed by atoms with E-state index < -0.39 is 0 Å². The van der Waals surface area contributed by atoms with E-state index in [0.29, 0.717) is 19.0 Å². The van der Waals surface area contributed by atoms with Gasteiger partial charge in [0, 0.05) is 48.7 Å². The van der Waals surface area contributed by atoms with E-state index in [4.69, 9.17) is 14.8 Å². The Morgan fingerprint density at radius 2 is 1.90 bits per heavy atom. The normalized spacial score (nSPS) is 14.5. The Bertz CT molecular complexity index is 1150. The number of ether oxygens (including phenoxy) is 1. The highest BCUT2D eigenvalue weighted by molar-refractivity contribution is 5.79. The summed E-state index contributed by atoms with van der Waals surface area (Å²) >= 11 is 0. The lowest BCUT2D eigenvalue weighted by Crippen LogP contribution is -2.37. The summed E-state index contributed by atoms with van der Waals surface area (Å²) in [6.07, 6.45) is 5.21. The number of aromatic nitrogens is 4. The van der Waals surface area contributed by atoms with Crippen LogP contribution < -0.4 is 10.3 Å². The molecule has 0 amide bonds. The first-order chi connectivity index (χ1) is 14.9. The van der Waals surface area contributed by atoms with Gasteiger partial charge in [-0.1, -0.05) is 36.4 Å². The van der Waals surface area contributed by atoms with Crippen LogP contribution in [0.2, 0.25) is 0 Å². The number of nitrogens with zero attached hydrogens (tertiary/aromatic N) is 6. The first kappa shape index (κ1) is 18.3. The maximum Gasteiger partial charge on any atom is 0.160 e. The van der Waals surface area contributed by atoms with Crippen LogP contribution >= 0.6 is 0 Å². The summed E-state index contributed by atoms with van der Waals surface area (Å²) in [5.74, 6) is 1.62. The molecule has 8 nitrogen and oxygen atoms in total. The van der Waals surface area contributed by atoms with Crippen LogP contribution in [0.4, 0.5) is 11.6 Å². The Morgan fingerprint density at radius 1 is 1.03 bits per heavy atom. The van der Waals surface area contributed by atoms with E-state index in [0.717, 1.165) is 41.4 Å². The standard InChI is InChI=1S/C22H21N7O/c1-2-6-18(7-3-1)19-13-21-25-20(26-24-16-17-5-4-8-23-15-17)14-22(29(21)27-19)28-9-11-30-12-10-28/h1-8,13-16H,9-12H2,(H,25,26). The molecule has 0 unspecified atom stereocenters. The number of fused-ring (bicyclic) bond motifs is 1. The van der Waals surface area contributed by atoms with Crippen LogP contribution in [0.15, 0.2) is 72.1 Å². The first-order valence-electron chi connectivity index (χ1n) is 9.85. The number of hydrogen-bond acceptors (Lipinski definition) is 7. The van der Waals surface area contributed by atoms with Gasteiger partial charge in [-0.2, -0.15) is 14.7 Å². The lowest BCUT2D eigenvalue weighted by Gasteiger charge is -2.29. The second-order valence-corrected chi connectivity index (χ2v) is 6.92. The quantitative estimate of drug-likeness (QED) is 0.410. The molecule has 1 N–H and O–H groups in total. The molecule has 1 fully saturated rings. The van der Waals surface area contributed by atoms with Crippen LogP contribution in [0.1, 0.15) is 5.56 Å². The van der Waals surface area contributed by atoms with Gasteiger partial charge < -0.3 is 9.64 Å². The number of nitrogens with one attached hydrogen (secondary N) is 1. The Morgan fingerprint density at radius 3 is 2.70 bits per heavy atom. The van der Waals surface area contributed by atoms with Gasteiger partial charge in [-0.25, -0.2) is 4.98 Å². The molecule has 0 spiro atoms. The SMILES string of the molecule is C(=NNc1cc(N2CCOCC2)n2nc(-c3ccccc3)cc2n1)c1cccnc1. The van der Waals surface area contributed by atoms with Crippen LogP contribution in [-0.4, -0.2) is 52.1 Å². The van der Waals surface area contributed by atoms with Crippen molar-refractivity contribution in [2.24, 2.45) is 5.10 Å². The summed E-state index contributed by atoms with van der Waals surface area (Å²) in [4.78, 5) is 11.1. The Labute approximate surface area is 173 Å². The molecule has 4 heterocycles. The molecule has 0 atom stereocenters. The fourth-order valence-corrected chi connectivity index (χ4v) is 3.41. The predicted octanol–water partition coefficient (Wildman–Crippen LogP) is 3.07. The van der Waals surface area contributed by atoms with Crippen LogP contribution in [-0.2, 0) is 4.74 Å². The minimum Gasteiger partial charge on any atom is -0.378 e. The third kappa shape index (κ3) is 3.85. The number of benzene rings is 1. The van der Waals surface area contributed by atoms with Gasteiger partial charge in [-0.05, 0) is 6.07 Å². The minimum absolute atomic E-state index is 0.656. The summed E-state index contributed by atoms with van der Waals surface area (Å²) in [6, 6.07) is 17.9. The minimum atomic E-state index is 0.656. The van der Waals surface area contributed by atoms with E-state index in [1.807, 2.05) is 59.1 Å². The average Bonchev–Trinajstić information content (AvgIpc) is 3.25. The molecule has 0 aliphatic carbocycles. The second kappa shape index (κ2) is 8.30. The molecule has 1 aromatic carbocycles. The molecule has 1 aliphatic heterocycles. The maximum absolute atomic E-state index is 5.52. The Balaban J connectivity index is 1.52. The molecule has 0 bridgehead atoms. The van der Waals surface area contributed by atoms with E-state index in [-0.39, 0.29) is 0 Å². The van der Waals surface area contributed by atoms with Gasteiger partial charge >= 0.3 is 0 Å². The van der Waals surface area contributed by atoms with Gasteiger partial charge in [-0.3, -0.25) is 10.4 Å². The molecule has 4 aromatic rings. The molecule has 30 heavy (non-hydrogen) atoms. The van der Waals surface area contributed by atoms with Crippen molar-refractivity contribution in [3.63, 3.8) is 0 Å². The largest absolute Gasteiger partial charge is 0.378 e. The van der Waals surface area contributed by atoms with Crippen molar-refractivity contribution in [1.82, 2.24) is 19.6 Å². The number of hydrogen-bond donors (Lipinski definition) is 1. The molecule has 1 saturated heterocycles. The topological polar surface area (TPSA) is 79.9 Å². The number of anilines is 2. The highest BCUT2D eigenvalue weighted by atomic mass is 16.5. The van der Waals surface area contributed by atoms with Crippen LogP contribution in [0.5, 0.6) is 0 Å². The summed E-state index contributed by atoms with van der Waals surface area (Å²) in [6.45, 7) is 2.99. The zero-order chi connectivity index (χ0) is 20.2. The van der Waals surface area contributed by atoms with Crippen molar-refractivity contribution in [2.75, 3.05) is 36.6 Å². The van der Waals surface area contributed by atoms with Crippen molar-refractivity contribution >= 4 is 23.5 Å². The van der Waals surface area contributed by atoms with E-state index >= 15 is 0 Å². The summed E-state index contributed by atoms with van der Waals surface area (Å²) in [7, 11) is 0. The summed E-state index contributed by atoms with van der Waals surface area (Å²) in [5, 5.41) is 9.14. The summed E-state index contributed by atoms with van der Waals surface area (Å²) < 4.78 is 7.41. The van der Waals surface area contributed by atoms with Gasteiger partial charge in [0.25, 0.3) is 0 Å². The average molecular weight is 399 g/mol. The Kier molecular flexibility index (Phi) is 5.05. The summed E-state index contributed by atoms with van der Waals surface area (Å²) in [5.41, 5.74) is 6.66. The highest BCUT2D eigenvalue weighted by Crippen LogP contribution is 2.25. The number of morpholine rings is 1. The first-order valence-corrected chi connectivity index (χ1v) is 9.85. The van der Waals surface area contributed by atoms with E-state index in [9.17, 15) is 0 Å². The molecule has 3 aromatic heterocycles. The zero-order valence-corrected chi connectivity index (χ0v) is 16.3. The van der Waals surface area contributed by atoms with Crippen molar-refractivity contribution in [1.29, 1.82) is 0 Å². The van der Waals surface area contributed by atoms with E-state index in [1.54, 1.807) is 18.6 Å². The van der Waals surface area contributed by atoms with Gasteiger partial charge in [0.2, 0.25) is 0 Å². The van der Waals surface area contributed by atoms with Gasteiger partial charge in [0.15, 0.2) is 11.5 Å². The second-order valence-electron chi connectivity index (χ2n) is 6.92. The third-order valence-electron chi connectivity index (χ3n) is 4.89. The molecular weight excluding hydrogens is 378 g/mol. The lowest BCUT2D eigenvalue weighted by atomic mass is 10.2. The number of hydrazone groups is 1. The van der Waals surface area contributed by atoms with Gasteiger partial charge in [0.05, 0.1) is 25.1 Å². The van der Waals surface area contributed by atoms with Crippen molar-refractivity contribution in [3.8, 4) is 11.3 Å². The van der Waals surface area contributed by atoms with Crippen LogP contribution in [0.25, 0.3) is 16.9 Å². The molecule has 1 aliphatic rings. The van der Waals surface area contributed by atoms with Gasteiger partial charge in [-0.15, -0.1) is 0 Å². The maximum atomic E-state index is 5.52. The molecular formula is C22H21N7O. The Hall–Kier alpha value is -3.78. The number of rotatable bonds is 5. The number of pyridine rings is 1. The fraction of sp³-hybridized carbons (Fsp3) is 0.182. The fourth-order valence-electron chi connectivity index (χ4n) is 3.41.